The zero-order chi connectivity index (χ0) is 10.7. The zero-order valence-corrected chi connectivity index (χ0v) is 11.5. The first-order valence-electron chi connectivity index (χ1n) is 5.47. The van der Waals surface area contributed by atoms with E-state index in [1.165, 1.54) is 32.1 Å². The van der Waals surface area contributed by atoms with Crippen molar-refractivity contribution in [1.82, 2.24) is 0 Å². The van der Waals surface area contributed by atoms with Gasteiger partial charge in [-0.2, -0.15) is 0 Å². The van der Waals surface area contributed by atoms with Crippen LogP contribution in [0.1, 0.15) is 32.1 Å². The topological polar surface area (TPSA) is 12.0 Å². The molecule has 1 aliphatic rings. The quantitative estimate of drug-likeness (QED) is 0.773. The summed E-state index contributed by atoms with van der Waals surface area (Å²) >= 11 is 8.34. The molecule has 0 radical (unpaired) electrons. The van der Waals surface area contributed by atoms with Crippen molar-refractivity contribution in [2.75, 3.05) is 5.32 Å². The molecule has 1 aromatic rings. The number of nitrogens with one attached hydrogen (secondary N) is 1. The molecule has 1 fully saturated rings. The van der Waals surface area contributed by atoms with Gasteiger partial charge in [-0.05, 0) is 53.6 Å². The van der Waals surface area contributed by atoms with Gasteiger partial charge >= 0.3 is 0 Å². The number of halogens is 2. The molecule has 82 valence electrons. The van der Waals surface area contributed by atoms with Crippen molar-refractivity contribution in [1.29, 1.82) is 0 Å². The van der Waals surface area contributed by atoms with Gasteiger partial charge in [-0.3, -0.25) is 0 Å². The van der Waals surface area contributed by atoms with Crippen LogP contribution in [0.3, 0.4) is 0 Å². The van der Waals surface area contributed by atoms with Gasteiger partial charge in [-0.15, -0.1) is 0 Å². The minimum Gasteiger partial charge on any atom is -0.382 e. The number of hydrogen-bond donors (Lipinski definition) is 1. The first-order valence-corrected chi connectivity index (χ1v) is 6.93. The van der Waals surface area contributed by atoms with Crippen molar-refractivity contribution < 1.29 is 0 Å². The Morgan fingerprint density at radius 2 is 1.93 bits per heavy atom. The molecule has 1 N–H and O–H groups in total. The van der Waals surface area contributed by atoms with E-state index in [9.17, 15) is 0 Å². The summed E-state index contributed by atoms with van der Waals surface area (Å²) < 4.78 is 1.11. The van der Waals surface area contributed by atoms with Crippen LogP contribution in [0, 0.1) is 3.57 Å². The van der Waals surface area contributed by atoms with Crippen LogP contribution in [0.15, 0.2) is 18.2 Å². The van der Waals surface area contributed by atoms with Crippen LogP contribution < -0.4 is 5.32 Å². The molecule has 0 heterocycles. The lowest BCUT2D eigenvalue weighted by molar-refractivity contribution is 0.463. The summed E-state index contributed by atoms with van der Waals surface area (Å²) in [4.78, 5) is 0. The van der Waals surface area contributed by atoms with Crippen LogP contribution in [0.25, 0.3) is 0 Å². The molecule has 1 aliphatic carbocycles. The maximum absolute atomic E-state index is 6.08. The maximum atomic E-state index is 6.08. The Bertz CT molecular complexity index is 334. The minimum atomic E-state index is 0.648. The summed E-state index contributed by atoms with van der Waals surface area (Å²) in [7, 11) is 0. The molecule has 1 aromatic carbocycles. The largest absolute Gasteiger partial charge is 0.382 e. The van der Waals surface area contributed by atoms with Crippen LogP contribution in [-0.4, -0.2) is 6.04 Å². The summed E-state index contributed by atoms with van der Waals surface area (Å²) in [5, 5.41) is 4.41. The summed E-state index contributed by atoms with van der Waals surface area (Å²) in [6.45, 7) is 0. The molecule has 0 aromatic heterocycles. The van der Waals surface area contributed by atoms with E-state index in [0.717, 1.165) is 14.3 Å². The summed E-state index contributed by atoms with van der Waals surface area (Å²) in [5.41, 5.74) is 1.16. The van der Waals surface area contributed by atoms with E-state index in [0.29, 0.717) is 6.04 Å². The van der Waals surface area contributed by atoms with Gasteiger partial charge in [-0.1, -0.05) is 30.9 Å². The van der Waals surface area contributed by atoms with Gasteiger partial charge in [-0.25, -0.2) is 0 Å². The maximum Gasteiger partial charge on any atom is 0.0559 e. The highest BCUT2D eigenvalue weighted by Gasteiger charge is 2.12. The van der Waals surface area contributed by atoms with Crippen molar-refractivity contribution in [3.63, 3.8) is 0 Å². The minimum absolute atomic E-state index is 0.648. The summed E-state index contributed by atoms with van der Waals surface area (Å²) in [6, 6.07) is 6.85. The first kappa shape index (κ1) is 11.5. The van der Waals surface area contributed by atoms with Gasteiger partial charge < -0.3 is 5.32 Å². The molecule has 15 heavy (non-hydrogen) atoms. The van der Waals surface area contributed by atoms with E-state index >= 15 is 0 Å². The number of benzene rings is 1. The third kappa shape index (κ3) is 3.25. The molecule has 2 rings (SSSR count). The molecule has 0 unspecified atom stereocenters. The van der Waals surface area contributed by atoms with Crippen LogP contribution >= 0.6 is 34.2 Å². The first-order chi connectivity index (χ1) is 7.25. The fraction of sp³-hybridized carbons (Fsp3) is 0.500. The second-order valence-corrected chi connectivity index (χ2v) is 5.68. The average molecular weight is 336 g/mol. The van der Waals surface area contributed by atoms with Crippen molar-refractivity contribution >= 4 is 39.9 Å². The number of hydrogen-bond acceptors (Lipinski definition) is 1. The molecule has 3 heteroatoms. The van der Waals surface area contributed by atoms with Gasteiger partial charge in [0.25, 0.3) is 0 Å². The highest BCUT2D eigenvalue weighted by molar-refractivity contribution is 14.1. The third-order valence-corrected chi connectivity index (χ3v) is 4.47. The SMILES string of the molecule is Clc1cc(NC2CCCCC2)ccc1I. The van der Waals surface area contributed by atoms with E-state index < -0.39 is 0 Å². The summed E-state index contributed by atoms with van der Waals surface area (Å²) in [6.07, 6.45) is 6.70. The number of anilines is 1. The van der Waals surface area contributed by atoms with Crippen LogP contribution in [0.4, 0.5) is 5.69 Å². The standard InChI is InChI=1S/C12H15ClIN/c13-11-8-10(6-7-12(11)14)15-9-4-2-1-3-5-9/h6-9,15H,1-5H2. The molecule has 0 amide bonds. The molecular weight excluding hydrogens is 320 g/mol. The highest BCUT2D eigenvalue weighted by Crippen LogP contribution is 2.25. The molecule has 0 aliphatic heterocycles. The van der Waals surface area contributed by atoms with Crippen LogP contribution in [0.2, 0.25) is 5.02 Å². The molecule has 1 nitrogen and oxygen atoms in total. The summed E-state index contributed by atoms with van der Waals surface area (Å²) in [5.74, 6) is 0. The van der Waals surface area contributed by atoms with Crippen molar-refractivity contribution in [3.8, 4) is 0 Å². The fourth-order valence-electron chi connectivity index (χ4n) is 2.07. The van der Waals surface area contributed by atoms with Crippen LogP contribution in [-0.2, 0) is 0 Å². The normalized spacial score (nSPS) is 17.7. The second kappa shape index (κ2) is 5.39. The Hall–Kier alpha value is 0.0400. The highest BCUT2D eigenvalue weighted by atomic mass is 127. The zero-order valence-electron chi connectivity index (χ0n) is 8.60. The van der Waals surface area contributed by atoms with E-state index in [2.05, 4.69) is 40.0 Å². The Labute approximate surface area is 110 Å². The smallest absolute Gasteiger partial charge is 0.0559 e. The molecule has 0 bridgehead atoms. The van der Waals surface area contributed by atoms with Crippen molar-refractivity contribution in [2.45, 2.75) is 38.1 Å². The lowest BCUT2D eigenvalue weighted by Crippen LogP contribution is -2.22. The number of rotatable bonds is 2. The monoisotopic (exact) mass is 335 g/mol. The van der Waals surface area contributed by atoms with Crippen molar-refractivity contribution in [3.05, 3.63) is 26.8 Å². The molecule has 0 saturated heterocycles. The predicted octanol–water partition coefficient (Wildman–Crippen LogP) is 4.69. The molecular formula is C12H15ClIN. The van der Waals surface area contributed by atoms with E-state index in [1.807, 2.05) is 6.07 Å². The molecule has 1 saturated carbocycles. The lowest BCUT2D eigenvalue weighted by atomic mass is 9.95. The van der Waals surface area contributed by atoms with Crippen LogP contribution in [0.5, 0.6) is 0 Å². The van der Waals surface area contributed by atoms with Gasteiger partial charge in [0.15, 0.2) is 0 Å². The van der Waals surface area contributed by atoms with E-state index in [1.54, 1.807) is 0 Å². The fourth-order valence-corrected chi connectivity index (χ4v) is 2.58. The molecule has 0 atom stereocenters. The van der Waals surface area contributed by atoms with E-state index in [4.69, 9.17) is 11.6 Å². The Morgan fingerprint density at radius 3 is 2.60 bits per heavy atom. The Balaban J connectivity index is 2.00. The molecule has 0 spiro atoms. The lowest BCUT2D eigenvalue weighted by Gasteiger charge is -2.24. The predicted molar refractivity (Wildman–Crippen MR) is 74.7 cm³/mol. The average Bonchev–Trinajstić information content (AvgIpc) is 2.25. The second-order valence-electron chi connectivity index (χ2n) is 4.11. The van der Waals surface area contributed by atoms with Gasteiger partial charge in [0, 0.05) is 15.3 Å². The van der Waals surface area contributed by atoms with Crippen molar-refractivity contribution in [2.24, 2.45) is 0 Å². The van der Waals surface area contributed by atoms with Gasteiger partial charge in [0.05, 0.1) is 5.02 Å². The van der Waals surface area contributed by atoms with Gasteiger partial charge in [0.2, 0.25) is 0 Å². The van der Waals surface area contributed by atoms with Gasteiger partial charge in [0.1, 0.15) is 0 Å². The van der Waals surface area contributed by atoms with E-state index in [-0.39, 0.29) is 0 Å². The third-order valence-electron chi connectivity index (χ3n) is 2.90. The Kier molecular flexibility index (Phi) is 4.14. The Morgan fingerprint density at radius 1 is 1.20 bits per heavy atom.